The summed E-state index contributed by atoms with van der Waals surface area (Å²) in [4.78, 5) is 4.51. The zero-order valence-corrected chi connectivity index (χ0v) is 9.83. The quantitative estimate of drug-likeness (QED) is 0.791. The normalized spacial score (nSPS) is 20.3. The third-order valence-corrected chi connectivity index (χ3v) is 2.82. The minimum absolute atomic E-state index is 0.448. The van der Waals surface area contributed by atoms with Gasteiger partial charge in [-0.15, -0.1) is 0 Å². The van der Waals surface area contributed by atoms with Crippen molar-refractivity contribution in [3.63, 3.8) is 0 Å². The molecule has 1 aromatic rings. The summed E-state index contributed by atoms with van der Waals surface area (Å²) >= 11 is 0. The lowest BCUT2D eigenvalue weighted by Gasteiger charge is -2.06. The van der Waals surface area contributed by atoms with Gasteiger partial charge in [-0.05, 0) is 27.7 Å². The standard InChI is InChI=1S/C11H18N4/c1-5-15-9(4)10(8(3)14-15)11-12-6-7(2)13-11/h7H,5-6H2,1-4H3,(H,12,13). The topological polar surface area (TPSA) is 42.2 Å². The second-order valence-electron chi connectivity index (χ2n) is 4.10. The molecule has 0 saturated carbocycles. The number of aryl methyl sites for hydroxylation is 2. The first-order chi connectivity index (χ1) is 7.13. The summed E-state index contributed by atoms with van der Waals surface area (Å²) in [5.41, 5.74) is 3.45. The molecular weight excluding hydrogens is 188 g/mol. The van der Waals surface area contributed by atoms with Gasteiger partial charge in [0.2, 0.25) is 0 Å². The van der Waals surface area contributed by atoms with Crippen LogP contribution in [0, 0.1) is 13.8 Å². The Balaban J connectivity index is 2.40. The van der Waals surface area contributed by atoms with Crippen LogP contribution in [-0.4, -0.2) is 28.2 Å². The fourth-order valence-corrected chi connectivity index (χ4v) is 2.05. The van der Waals surface area contributed by atoms with Gasteiger partial charge in [0, 0.05) is 18.3 Å². The van der Waals surface area contributed by atoms with Crippen LogP contribution in [0.1, 0.15) is 30.8 Å². The monoisotopic (exact) mass is 206 g/mol. The zero-order chi connectivity index (χ0) is 11.0. The van der Waals surface area contributed by atoms with E-state index in [1.54, 1.807) is 0 Å². The summed E-state index contributed by atoms with van der Waals surface area (Å²) in [5.74, 6) is 1.01. The van der Waals surface area contributed by atoms with E-state index in [9.17, 15) is 0 Å². The molecule has 15 heavy (non-hydrogen) atoms. The highest BCUT2D eigenvalue weighted by Gasteiger charge is 2.21. The molecule has 1 N–H and O–H groups in total. The van der Waals surface area contributed by atoms with Crippen LogP contribution in [0.4, 0.5) is 0 Å². The first-order valence-electron chi connectivity index (χ1n) is 5.48. The predicted octanol–water partition coefficient (Wildman–Crippen LogP) is 1.26. The number of hydrogen-bond acceptors (Lipinski definition) is 3. The minimum atomic E-state index is 0.448. The third-order valence-electron chi connectivity index (χ3n) is 2.82. The molecule has 0 radical (unpaired) electrons. The molecule has 0 aliphatic carbocycles. The smallest absolute Gasteiger partial charge is 0.132 e. The first kappa shape index (κ1) is 10.2. The van der Waals surface area contributed by atoms with E-state index in [4.69, 9.17) is 0 Å². The van der Waals surface area contributed by atoms with Crippen molar-refractivity contribution in [1.82, 2.24) is 15.1 Å². The molecule has 0 bridgehead atoms. The molecule has 0 aromatic carbocycles. The summed E-state index contributed by atoms with van der Waals surface area (Å²) in [6.07, 6.45) is 0. The van der Waals surface area contributed by atoms with E-state index < -0.39 is 0 Å². The summed E-state index contributed by atoms with van der Waals surface area (Å²) < 4.78 is 2.03. The van der Waals surface area contributed by atoms with Gasteiger partial charge in [0.25, 0.3) is 0 Å². The summed E-state index contributed by atoms with van der Waals surface area (Å²) in [6, 6.07) is 0.448. The molecule has 1 aliphatic rings. The van der Waals surface area contributed by atoms with Gasteiger partial charge < -0.3 is 5.32 Å². The highest BCUT2D eigenvalue weighted by molar-refractivity contribution is 6.01. The number of aromatic nitrogens is 2. The largest absolute Gasteiger partial charge is 0.365 e. The number of amidine groups is 1. The van der Waals surface area contributed by atoms with Crippen molar-refractivity contribution in [1.29, 1.82) is 0 Å². The molecule has 4 nitrogen and oxygen atoms in total. The molecule has 1 aromatic heterocycles. The summed E-state index contributed by atoms with van der Waals surface area (Å²) in [5, 5.41) is 7.88. The Bertz CT molecular complexity index is 403. The van der Waals surface area contributed by atoms with E-state index >= 15 is 0 Å². The molecule has 0 amide bonds. The fourth-order valence-electron chi connectivity index (χ4n) is 2.05. The van der Waals surface area contributed by atoms with E-state index in [2.05, 4.69) is 36.2 Å². The lowest BCUT2D eigenvalue weighted by atomic mass is 10.2. The van der Waals surface area contributed by atoms with Crippen LogP contribution in [0.25, 0.3) is 0 Å². The number of aliphatic imine (C=N–C) groups is 1. The van der Waals surface area contributed by atoms with Crippen LogP contribution < -0.4 is 5.32 Å². The molecule has 1 atom stereocenters. The maximum atomic E-state index is 4.51. The van der Waals surface area contributed by atoms with Crippen LogP contribution in [0.5, 0.6) is 0 Å². The average Bonchev–Trinajstić information content (AvgIpc) is 2.71. The van der Waals surface area contributed by atoms with Gasteiger partial charge in [0.05, 0.1) is 17.8 Å². The predicted molar refractivity (Wildman–Crippen MR) is 61.4 cm³/mol. The van der Waals surface area contributed by atoms with Gasteiger partial charge in [0.1, 0.15) is 5.84 Å². The van der Waals surface area contributed by atoms with Crippen LogP contribution in [0.15, 0.2) is 4.99 Å². The van der Waals surface area contributed by atoms with Crippen molar-refractivity contribution in [2.24, 2.45) is 4.99 Å². The molecule has 1 unspecified atom stereocenters. The molecule has 0 spiro atoms. The Kier molecular flexibility index (Phi) is 2.50. The number of nitrogens with one attached hydrogen (secondary N) is 1. The lowest BCUT2D eigenvalue weighted by molar-refractivity contribution is 0.634. The van der Waals surface area contributed by atoms with Gasteiger partial charge in [-0.1, -0.05) is 0 Å². The Hall–Kier alpha value is -1.32. The lowest BCUT2D eigenvalue weighted by Crippen LogP contribution is -2.28. The van der Waals surface area contributed by atoms with Gasteiger partial charge in [-0.25, -0.2) is 0 Å². The molecule has 1 aliphatic heterocycles. The number of hydrogen-bond donors (Lipinski definition) is 1. The summed E-state index contributed by atoms with van der Waals surface area (Å²) in [7, 11) is 0. The van der Waals surface area contributed by atoms with E-state index in [0.717, 1.165) is 24.6 Å². The maximum Gasteiger partial charge on any atom is 0.132 e. The second kappa shape index (κ2) is 3.68. The Morgan fingerprint density at radius 1 is 1.47 bits per heavy atom. The highest BCUT2D eigenvalue weighted by Crippen LogP contribution is 2.15. The Labute approximate surface area is 90.4 Å². The highest BCUT2D eigenvalue weighted by atomic mass is 15.3. The van der Waals surface area contributed by atoms with Crippen LogP contribution in [0.3, 0.4) is 0 Å². The molecule has 4 heteroatoms. The second-order valence-corrected chi connectivity index (χ2v) is 4.10. The Morgan fingerprint density at radius 3 is 2.67 bits per heavy atom. The van der Waals surface area contributed by atoms with Crippen molar-refractivity contribution in [3.05, 3.63) is 17.0 Å². The van der Waals surface area contributed by atoms with Crippen LogP contribution >= 0.6 is 0 Å². The molecule has 0 saturated heterocycles. The molecule has 82 valence electrons. The first-order valence-corrected chi connectivity index (χ1v) is 5.48. The van der Waals surface area contributed by atoms with E-state index in [0.29, 0.717) is 6.04 Å². The van der Waals surface area contributed by atoms with E-state index in [1.165, 1.54) is 11.3 Å². The minimum Gasteiger partial charge on any atom is -0.365 e. The average molecular weight is 206 g/mol. The maximum absolute atomic E-state index is 4.51. The van der Waals surface area contributed by atoms with Gasteiger partial charge >= 0.3 is 0 Å². The van der Waals surface area contributed by atoms with Gasteiger partial charge in [-0.3, -0.25) is 9.67 Å². The van der Waals surface area contributed by atoms with Crippen LogP contribution in [0.2, 0.25) is 0 Å². The van der Waals surface area contributed by atoms with Crippen LogP contribution in [-0.2, 0) is 6.54 Å². The zero-order valence-electron chi connectivity index (χ0n) is 9.83. The molecule has 0 fully saturated rings. The molecule has 2 rings (SSSR count). The third kappa shape index (κ3) is 1.64. The van der Waals surface area contributed by atoms with Crippen molar-refractivity contribution < 1.29 is 0 Å². The molecule has 2 heterocycles. The van der Waals surface area contributed by atoms with Crippen molar-refractivity contribution in [2.45, 2.75) is 40.3 Å². The Morgan fingerprint density at radius 2 is 2.20 bits per heavy atom. The number of nitrogens with zero attached hydrogens (tertiary/aromatic N) is 3. The van der Waals surface area contributed by atoms with Crippen molar-refractivity contribution in [3.8, 4) is 0 Å². The van der Waals surface area contributed by atoms with E-state index in [-0.39, 0.29) is 0 Å². The van der Waals surface area contributed by atoms with Gasteiger partial charge in [-0.2, -0.15) is 5.10 Å². The van der Waals surface area contributed by atoms with Crippen molar-refractivity contribution in [2.75, 3.05) is 6.54 Å². The van der Waals surface area contributed by atoms with E-state index in [1.807, 2.05) is 11.6 Å². The van der Waals surface area contributed by atoms with Crippen molar-refractivity contribution >= 4 is 5.84 Å². The SMILES string of the molecule is CCn1nc(C)c(C2=NCC(C)N2)c1C. The number of rotatable bonds is 2. The van der Waals surface area contributed by atoms with Gasteiger partial charge in [0.15, 0.2) is 0 Å². The molecular formula is C11H18N4. The summed E-state index contributed by atoms with van der Waals surface area (Å²) in [6.45, 7) is 10.2. The fraction of sp³-hybridized carbons (Fsp3) is 0.636.